The van der Waals surface area contributed by atoms with Gasteiger partial charge < -0.3 is 19.7 Å². The summed E-state index contributed by atoms with van der Waals surface area (Å²) in [5.41, 5.74) is 1.91. The van der Waals surface area contributed by atoms with Gasteiger partial charge in [-0.25, -0.2) is 0 Å². The second kappa shape index (κ2) is 10.9. The molecule has 0 aliphatic heterocycles. The highest BCUT2D eigenvalue weighted by molar-refractivity contribution is 5.95. The largest absolute Gasteiger partial charge is 0.497 e. The third-order valence-corrected chi connectivity index (χ3v) is 4.43. The first-order valence-electron chi connectivity index (χ1n) is 9.46. The number of para-hydroxylation sites is 1. The van der Waals surface area contributed by atoms with Gasteiger partial charge in [0.15, 0.2) is 0 Å². The summed E-state index contributed by atoms with van der Waals surface area (Å²) in [4.78, 5) is 26.1. The molecule has 0 fully saturated rings. The number of amides is 2. The van der Waals surface area contributed by atoms with Gasteiger partial charge in [-0.3, -0.25) is 9.59 Å². The molecule has 6 heteroatoms. The molecule has 2 rings (SSSR count). The average molecular weight is 396 g/mol. The fourth-order valence-electron chi connectivity index (χ4n) is 2.66. The first-order valence-corrected chi connectivity index (χ1v) is 9.46. The highest BCUT2D eigenvalue weighted by Crippen LogP contribution is 2.16. The van der Waals surface area contributed by atoms with Gasteiger partial charge in [0.2, 0.25) is 11.8 Å². The number of carbonyl (C=O) groups is 2. The van der Waals surface area contributed by atoms with E-state index < -0.39 is 6.04 Å². The van der Waals surface area contributed by atoms with E-state index in [2.05, 4.69) is 5.32 Å². The molecule has 0 aliphatic carbocycles. The van der Waals surface area contributed by atoms with Gasteiger partial charge >= 0.3 is 0 Å². The molecule has 2 amide bonds. The van der Waals surface area contributed by atoms with Crippen LogP contribution < -0.4 is 14.8 Å². The normalized spacial score (nSPS) is 11.7. The van der Waals surface area contributed by atoms with Crippen molar-refractivity contribution in [3.8, 4) is 11.5 Å². The fraction of sp³-hybridized carbons (Fsp3) is 0.304. The number of benzene rings is 2. The molecule has 0 saturated heterocycles. The van der Waals surface area contributed by atoms with Gasteiger partial charge in [0.1, 0.15) is 24.1 Å². The molecule has 0 aliphatic rings. The van der Waals surface area contributed by atoms with Crippen LogP contribution in [0.1, 0.15) is 18.1 Å². The first-order chi connectivity index (χ1) is 13.9. The van der Waals surface area contributed by atoms with Crippen molar-refractivity contribution in [1.82, 2.24) is 10.2 Å². The number of nitrogens with zero attached hydrogens (tertiary/aromatic N) is 1. The number of ether oxygens (including phenoxy) is 2. The van der Waals surface area contributed by atoms with Gasteiger partial charge in [-0.05, 0) is 49.2 Å². The second-order valence-electron chi connectivity index (χ2n) is 6.71. The van der Waals surface area contributed by atoms with Crippen LogP contribution in [0.25, 0.3) is 6.08 Å². The molecule has 0 spiro atoms. The quantitative estimate of drug-likeness (QED) is 0.662. The Morgan fingerprint density at radius 1 is 1.14 bits per heavy atom. The van der Waals surface area contributed by atoms with Crippen LogP contribution in [0.15, 0.2) is 54.6 Å². The van der Waals surface area contributed by atoms with E-state index in [4.69, 9.17) is 9.47 Å². The van der Waals surface area contributed by atoms with E-state index in [-0.39, 0.29) is 11.8 Å². The van der Waals surface area contributed by atoms with E-state index in [9.17, 15) is 9.59 Å². The Kier molecular flexibility index (Phi) is 8.27. The van der Waals surface area contributed by atoms with Crippen molar-refractivity contribution in [2.75, 3.05) is 27.3 Å². The fourth-order valence-corrected chi connectivity index (χ4v) is 2.66. The maximum atomic E-state index is 12.5. The lowest BCUT2D eigenvalue weighted by Crippen LogP contribution is -2.46. The molecule has 1 N–H and O–H groups in total. The summed E-state index contributed by atoms with van der Waals surface area (Å²) >= 11 is 0. The molecule has 1 unspecified atom stereocenters. The molecule has 154 valence electrons. The van der Waals surface area contributed by atoms with Gasteiger partial charge in [0, 0.05) is 13.1 Å². The number of likely N-dealkylation sites (N-methyl/N-ethyl adjacent to an activating group) is 1. The maximum absolute atomic E-state index is 12.5. The number of carbonyl (C=O) groups excluding carboxylic acids is 2. The molecular weight excluding hydrogens is 368 g/mol. The summed E-state index contributed by atoms with van der Waals surface area (Å²) in [6.45, 7) is 4.45. The minimum absolute atomic E-state index is 0.176. The van der Waals surface area contributed by atoms with Crippen LogP contribution >= 0.6 is 0 Å². The molecule has 6 nitrogen and oxygen atoms in total. The molecule has 0 radical (unpaired) electrons. The molecule has 29 heavy (non-hydrogen) atoms. The molecule has 0 heterocycles. The van der Waals surface area contributed by atoms with E-state index in [0.29, 0.717) is 13.2 Å². The van der Waals surface area contributed by atoms with Crippen LogP contribution in [0.2, 0.25) is 0 Å². The molecule has 0 bridgehead atoms. The number of rotatable bonds is 9. The minimum atomic E-state index is -0.633. The molecule has 0 saturated carbocycles. The van der Waals surface area contributed by atoms with Gasteiger partial charge in [-0.2, -0.15) is 0 Å². The number of aryl methyl sites for hydroxylation is 1. The molecular formula is C23H28N2O4. The number of hydrogen-bond donors (Lipinski definition) is 1. The number of methoxy groups -OCH3 is 1. The van der Waals surface area contributed by atoms with E-state index in [1.165, 1.54) is 6.08 Å². The lowest BCUT2D eigenvalue weighted by atomic mass is 10.2. The zero-order valence-corrected chi connectivity index (χ0v) is 17.3. The van der Waals surface area contributed by atoms with Gasteiger partial charge in [-0.1, -0.05) is 30.3 Å². The topological polar surface area (TPSA) is 67.9 Å². The summed E-state index contributed by atoms with van der Waals surface area (Å²) in [5, 5.41) is 2.69. The smallest absolute Gasteiger partial charge is 0.244 e. The van der Waals surface area contributed by atoms with Crippen molar-refractivity contribution in [1.29, 1.82) is 0 Å². The van der Waals surface area contributed by atoms with E-state index in [0.717, 1.165) is 22.6 Å². The maximum Gasteiger partial charge on any atom is 0.244 e. The highest BCUT2D eigenvalue weighted by Gasteiger charge is 2.18. The van der Waals surface area contributed by atoms with Crippen LogP contribution in [-0.2, 0) is 9.59 Å². The Hall–Kier alpha value is -3.28. The van der Waals surface area contributed by atoms with Crippen molar-refractivity contribution >= 4 is 17.9 Å². The van der Waals surface area contributed by atoms with E-state index >= 15 is 0 Å². The Bertz CT molecular complexity index is 846. The Morgan fingerprint density at radius 3 is 2.48 bits per heavy atom. The van der Waals surface area contributed by atoms with Crippen LogP contribution in [-0.4, -0.2) is 50.1 Å². The summed E-state index contributed by atoms with van der Waals surface area (Å²) in [5.74, 6) is 1.05. The van der Waals surface area contributed by atoms with Crippen LogP contribution in [0, 0.1) is 6.92 Å². The standard InChI is InChI=1S/C23H28N2O4/c1-17-7-5-6-8-21(17)29-16-15-25(3)23(27)18(2)24-22(26)14-11-19-9-12-20(28-4)13-10-19/h5-14,18H,15-16H2,1-4H3,(H,24,26)/b14-11+. The minimum Gasteiger partial charge on any atom is -0.497 e. The number of nitrogens with one attached hydrogen (secondary N) is 1. The van der Waals surface area contributed by atoms with Crippen LogP contribution in [0.3, 0.4) is 0 Å². The van der Waals surface area contributed by atoms with Crippen molar-refractivity contribution in [3.63, 3.8) is 0 Å². The monoisotopic (exact) mass is 396 g/mol. The lowest BCUT2D eigenvalue weighted by Gasteiger charge is -2.22. The first kappa shape index (κ1) is 22.0. The SMILES string of the molecule is COc1ccc(/C=C/C(=O)NC(C)C(=O)N(C)CCOc2ccccc2C)cc1. The summed E-state index contributed by atoms with van der Waals surface area (Å²) in [6, 6.07) is 14.4. The zero-order chi connectivity index (χ0) is 21.2. The zero-order valence-electron chi connectivity index (χ0n) is 17.3. The van der Waals surface area contributed by atoms with Gasteiger partial charge in [-0.15, -0.1) is 0 Å². The Morgan fingerprint density at radius 2 is 1.83 bits per heavy atom. The van der Waals surface area contributed by atoms with Crippen LogP contribution in [0.5, 0.6) is 11.5 Å². The van der Waals surface area contributed by atoms with Gasteiger partial charge in [0.25, 0.3) is 0 Å². The predicted octanol–water partition coefficient (Wildman–Crippen LogP) is 3.06. The summed E-state index contributed by atoms with van der Waals surface area (Å²) in [7, 11) is 3.29. The molecule has 0 aromatic heterocycles. The summed E-state index contributed by atoms with van der Waals surface area (Å²) in [6.07, 6.45) is 3.10. The van der Waals surface area contributed by atoms with Gasteiger partial charge in [0.05, 0.1) is 13.7 Å². The predicted molar refractivity (Wildman–Crippen MR) is 114 cm³/mol. The Balaban J connectivity index is 1.78. The van der Waals surface area contributed by atoms with E-state index in [1.807, 2.05) is 55.5 Å². The number of hydrogen-bond acceptors (Lipinski definition) is 4. The van der Waals surface area contributed by atoms with Crippen molar-refractivity contribution in [2.45, 2.75) is 19.9 Å². The van der Waals surface area contributed by atoms with Crippen molar-refractivity contribution < 1.29 is 19.1 Å². The van der Waals surface area contributed by atoms with Crippen molar-refractivity contribution in [3.05, 3.63) is 65.7 Å². The molecule has 1 atom stereocenters. The third kappa shape index (κ3) is 6.99. The molecule has 2 aromatic rings. The van der Waals surface area contributed by atoms with Crippen molar-refractivity contribution in [2.24, 2.45) is 0 Å². The highest BCUT2D eigenvalue weighted by atomic mass is 16.5. The lowest BCUT2D eigenvalue weighted by molar-refractivity contribution is -0.134. The molecule has 2 aromatic carbocycles. The summed E-state index contributed by atoms with van der Waals surface area (Å²) < 4.78 is 10.8. The van der Waals surface area contributed by atoms with E-state index in [1.54, 1.807) is 32.1 Å². The average Bonchev–Trinajstić information content (AvgIpc) is 2.73. The van der Waals surface area contributed by atoms with Crippen LogP contribution in [0.4, 0.5) is 0 Å². The second-order valence-corrected chi connectivity index (χ2v) is 6.71. The third-order valence-electron chi connectivity index (χ3n) is 4.43. The Labute approximate surface area is 172 Å².